The van der Waals surface area contributed by atoms with Crippen molar-refractivity contribution in [2.24, 2.45) is 5.92 Å². The van der Waals surface area contributed by atoms with Crippen LogP contribution in [-0.4, -0.2) is 50.3 Å². The standard InChI is InChI=1S/C15H23FN2O2S.ClH/c1-13(2)6-7-17-8-10-18(11-9-17)21(19,20)15-5-3-4-14(16)12-15;/h3-5,12-13H,6-11H2,1-2H3;1H. The van der Waals surface area contributed by atoms with E-state index in [9.17, 15) is 12.8 Å². The summed E-state index contributed by atoms with van der Waals surface area (Å²) in [7, 11) is -3.57. The van der Waals surface area contributed by atoms with Crippen LogP contribution in [0, 0.1) is 11.7 Å². The molecule has 1 fully saturated rings. The van der Waals surface area contributed by atoms with Crippen LogP contribution in [0.5, 0.6) is 0 Å². The zero-order chi connectivity index (χ0) is 15.5. The Kier molecular flexibility index (Phi) is 7.25. The number of halogens is 2. The van der Waals surface area contributed by atoms with Gasteiger partial charge in [-0.25, -0.2) is 12.8 Å². The molecular formula is C15H24ClFN2O2S. The fraction of sp³-hybridized carbons (Fsp3) is 0.600. The summed E-state index contributed by atoms with van der Waals surface area (Å²) in [6, 6.07) is 5.22. The van der Waals surface area contributed by atoms with Crippen LogP contribution < -0.4 is 0 Å². The Labute approximate surface area is 138 Å². The summed E-state index contributed by atoms with van der Waals surface area (Å²) in [5.74, 6) is 0.130. The van der Waals surface area contributed by atoms with Crippen molar-refractivity contribution >= 4 is 22.4 Å². The first-order chi connectivity index (χ1) is 9.89. The maximum Gasteiger partial charge on any atom is 0.243 e. The van der Waals surface area contributed by atoms with Gasteiger partial charge < -0.3 is 4.90 Å². The second-order valence-corrected chi connectivity index (χ2v) is 7.82. The molecule has 0 radical (unpaired) electrons. The second kappa shape index (κ2) is 8.24. The highest BCUT2D eigenvalue weighted by molar-refractivity contribution is 7.89. The van der Waals surface area contributed by atoms with Crippen molar-refractivity contribution in [3.05, 3.63) is 30.1 Å². The topological polar surface area (TPSA) is 40.6 Å². The van der Waals surface area contributed by atoms with Crippen molar-refractivity contribution in [2.45, 2.75) is 25.2 Å². The van der Waals surface area contributed by atoms with Gasteiger partial charge >= 0.3 is 0 Å². The number of nitrogens with zero attached hydrogens (tertiary/aromatic N) is 2. The Bertz CT molecular complexity index is 573. The number of sulfonamides is 1. The lowest BCUT2D eigenvalue weighted by Crippen LogP contribution is -2.48. The molecule has 0 aliphatic carbocycles. The van der Waals surface area contributed by atoms with E-state index in [1.807, 2.05) is 0 Å². The summed E-state index contributed by atoms with van der Waals surface area (Å²) in [6.45, 7) is 7.79. The zero-order valence-corrected chi connectivity index (χ0v) is 14.7. The quantitative estimate of drug-likeness (QED) is 0.819. The third-order valence-electron chi connectivity index (χ3n) is 3.79. The lowest BCUT2D eigenvalue weighted by Gasteiger charge is -2.34. The van der Waals surface area contributed by atoms with Crippen molar-refractivity contribution in [1.82, 2.24) is 9.21 Å². The van der Waals surface area contributed by atoms with Gasteiger partial charge in [-0.05, 0) is 37.1 Å². The minimum atomic E-state index is -3.57. The molecule has 1 aromatic carbocycles. The van der Waals surface area contributed by atoms with Gasteiger partial charge in [0, 0.05) is 26.2 Å². The number of hydrogen-bond donors (Lipinski definition) is 0. The minimum Gasteiger partial charge on any atom is -0.301 e. The molecule has 0 bridgehead atoms. The predicted octanol–water partition coefficient (Wildman–Crippen LogP) is 2.60. The molecule has 0 spiro atoms. The largest absolute Gasteiger partial charge is 0.301 e. The van der Waals surface area contributed by atoms with E-state index in [0.717, 1.165) is 32.1 Å². The fourth-order valence-corrected chi connectivity index (χ4v) is 3.86. The summed E-state index contributed by atoms with van der Waals surface area (Å²) in [5.41, 5.74) is 0. The van der Waals surface area contributed by atoms with Crippen molar-refractivity contribution in [3.8, 4) is 0 Å². The zero-order valence-electron chi connectivity index (χ0n) is 13.0. The Balaban J connectivity index is 0.00000242. The third kappa shape index (κ3) is 4.91. The average Bonchev–Trinajstić information content (AvgIpc) is 2.45. The molecule has 126 valence electrons. The van der Waals surface area contributed by atoms with Crippen molar-refractivity contribution < 1.29 is 12.8 Å². The Morgan fingerprint density at radius 2 is 1.82 bits per heavy atom. The van der Waals surface area contributed by atoms with Gasteiger partial charge in [-0.15, -0.1) is 12.4 Å². The molecule has 0 atom stereocenters. The second-order valence-electron chi connectivity index (χ2n) is 5.89. The van der Waals surface area contributed by atoms with Crippen molar-refractivity contribution in [3.63, 3.8) is 0 Å². The normalized spacial score (nSPS) is 17.5. The van der Waals surface area contributed by atoms with Crippen LogP contribution in [0.15, 0.2) is 29.2 Å². The molecule has 0 amide bonds. The minimum absolute atomic E-state index is 0. The molecular weight excluding hydrogens is 327 g/mol. The van der Waals surface area contributed by atoms with Crippen LogP contribution in [0.4, 0.5) is 4.39 Å². The summed E-state index contributed by atoms with van der Waals surface area (Å²) in [5, 5.41) is 0. The maximum absolute atomic E-state index is 13.2. The maximum atomic E-state index is 13.2. The molecule has 22 heavy (non-hydrogen) atoms. The monoisotopic (exact) mass is 350 g/mol. The fourth-order valence-electron chi connectivity index (χ4n) is 2.41. The molecule has 0 unspecified atom stereocenters. The van der Waals surface area contributed by atoms with Gasteiger partial charge in [-0.3, -0.25) is 0 Å². The van der Waals surface area contributed by atoms with Gasteiger partial charge in [0.15, 0.2) is 0 Å². The predicted molar refractivity (Wildman–Crippen MR) is 88.3 cm³/mol. The number of hydrogen-bond acceptors (Lipinski definition) is 3. The molecule has 1 aliphatic rings. The number of benzene rings is 1. The average molecular weight is 351 g/mol. The lowest BCUT2D eigenvalue weighted by molar-refractivity contribution is 0.180. The van der Waals surface area contributed by atoms with Gasteiger partial charge in [-0.2, -0.15) is 4.31 Å². The molecule has 1 saturated heterocycles. The van der Waals surface area contributed by atoms with Gasteiger partial charge in [0.1, 0.15) is 5.82 Å². The van der Waals surface area contributed by atoms with E-state index in [1.54, 1.807) is 0 Å². The highest BCUT2D eigenvalue weighted by Crippen LogP contribution is 2.18. The van der Waals surface area contributed by atoms with E-state index >= 15 is 0 Å². The first-order valence-electron chi connectivity index (χ1n) is 7.37. The molecule has 1 heterocycles. The third-order valence-corrected chi connectivity index (χ3v) is 5.68. The van der Waals surface area contributed by atoms with Crippen LogP contribution in [0.3, 0.4) is 0 Å². The molecule has 1 aliphatic heterocycles. The Morgan fingerprint density at radius 3 is 2.36 bits per heavy atom. The van der Waals surface area contributed by atoms with Crippen LogP contribution in [-0.2, 0) is 10.0 Å². The van der Waals surface area contributed by atoms with E-state index in [0.29, 0.717) is 19.0 Å². The van der Waals surface area contributed by atoms with E-state index < -0.39 is 15.8 Å². The Hall–Kier alpha value is -0.690. The molecule has 2 rings (SSSR count). The highest BCUT2D eigenvalue weighted by Gasteiger charge is 2.28. The van der Waals surface area contributed by atoms with Gasteiger partial charge in [-0.1, -0.05) is 19.9 Å². The Morgan fingerprint density at radius 1 is 1.18 bits per heavy atom. The number of rotatable bonds is 5. The van der Waals surface area contributed by atoms with E-state index in [-0.39, 0.29) is 17.3 Å². The van der Waals surface area contributed by atoms with Crippen molar-refractivity contribution in [2.75, 3.05) is 32.7 Å². The SMILES string of the molecule is CC(C)CCN1CCN(S(=O)(=O)c2cccc(F)c2)CC1.Cl. The summed E-state index contributed by atoms with van der Waals surface area (Å²) < 4.78 is 39.6. The van der Waals surface area contributed by atoms with Gasteiger partial charge in [0.2, 0.25) is 10.0 Å². The summed E-state index contributed by atoms with van der Waals surface area (Å²) in [6.07, 6.45) is 1.12. The highest BCUT2D eigenvalue weighted by atomic mass is 35.5. The lowest BCUT2D eigenvalue weighted by atomic mass is 10.1. The van der Waals surface area contributed by atoms with E-state index in [1.165, 1.54) is 22.5 Å². The van der Waals surface area contributed by atoms with Crippen LogP contribution in [0.2, 0.25) is 0 Å². The van der Waals surface area contributed by atoms with Crippen LogP contribution in [0.1, 0.15) is 20.3 Å². The van der Waals surface area contributed by atoms with E-state index in [2.05, 4.69) is 18.7 Å². The summed E-state index contributed by atoms with van der Waals surface area (Å²) in [4.78, 5) is 2.33. The van der Waals surface area contributed by atoms with Gasteiger partial charge in [0.05, 0.1) is 4.90 Å². The molecule has 4 nitrogen and oxygen atoms in total. The first-order valence-corrected chi connectivity index (χ1v) is 8.81. The summed E-state index contributed by atoms with van der Waals surface area (Å²) >= 11 is 0. The van der Waals surface area contributed by atoms with Crippen molar-refractivity contribution in [1.29, 1.82) is 0 Å². The molecule has 0 N–H and O–H groups in total. The molecule has 7 heteroatoms. The van der Waals surface area contributed by atoms with E-state index in [4.69, 9.17) is 0 Å². The molecule has 0 aromatic heterocycles. The smallest absolute Gasteiger partial charge is 0.243 e. The van der Waals surface area contributed by atoms with Crippen LogP contribution in [0.25, 0.3) is 0 Å². The number of piperazine rings is 1. The molecule has 1 aromatic rings. The molecule has 0 saturated carbocycles. The first kappa shape index (κ1) is 19.4. The van der Waals surface area contributed by atoms with Crippen LogP contribution >= 0.6 is 12.4 Å². The van der Waals surface area contributed by atoms with Gasteiger partial charge in [0.25, 0.3) is 0 Å².